The summed E-state index contributed by atoms with van der Waals surface area (Å²) in [5.74, 6) is 0. The van der Waals surface area contributed by atoms with E-state index >= 15 is 0 Å². The average molecular weight is 258 g/mol. The van der Waals surface area contributed by atoms with Crippen molar-refractivity contribution < 1.29 is 4.39 Å². The standard InChI is InChI=1S/C11H13BrFN/c1-8-2-3-9(4-10(8)12)5-11(13)6-14-7-11/h2-4,14H,5-7H2,1H3. The fourth-order valence-corrected chi connectivity index (χ4v) is 2.06. The first-order chi connectivity index (χ1) is 6.59. The van der Waals surface area contributed by atoms with Crippen molar-refractivity contribution >= 4 is 15.9 Å². The molecule has 0 bridgehead atoms. The molecule has 0 radical (unpaired) electrons. The fraction of sp³-hybridized carbons (Fsp3) is 0.455. The number of benzene rings is 1. The zero-order valence-electron chi connectivity index (χ0n) is 8.11. The monoisotopic (exact) mass is 257 g/mol. The van der Waals surface area contributed by atoms with Crippen LogP contribution in [-0.2, 0) is 6.42 Å². The van der Waals surface area contributed by atoms with Crippen molar-refractivity contribution in [1.82, 2.24) is 5.32 Å². The molecule has 3 heteroatoms. The van der Waals surface area contributed by atoms with E-state index in [9.17, 15) is 4.39 Å². The molecule has 1 heterocycles. The quantitative estimate of drug-likeness (QED) is 0.859. The zero-order chi connectivity index (χ0) is 10.2. The SMILES string of the molecule is Cc1ccc(CC2(F)CNC2)cc1Br. The molecule has 1 aliphatic rings. The fourth-order valence-electron chi connectivity index (χ4n) is 1.63. The van der Waals surface area contributed by atoms with E-state index in [1.165, 1.54) is 5.56 Å². The number of halogens is 2. The van der Waals surface area contributed by atoms with Gasteiger partial charge in [-0.3, -0.25) is 0 Å². The highest BCUT2D eigenvalue weighted by Gasteiger charge is 2.36. The number of rotatable bonds is 2. The maximum absolute atomic E-state index is 13.7. The molecule has 76 valence electrons. The van der Waals surface area contributed by atoms with Gasteiger partial charge in [0.25, 0.3) is 0 Å². The van der Waals surface area contributed by atoms with E-state index in [0.29, 0.717) is 19.5 Å². The van der Waals surface area contributed by atoms with Crippen LogP contribution < -0.4 is 5.32 Å². The normalized spacial score (nSPS) is 19.1. The molecular weight excluding hydrogens is 245 g/mol. The molecule has 1 nitrogen and oxygen atoms in total. The summed E-state index contributed by atoms with van der Waals surface area (Å²) in [6.07, 6.45) is 0.513. The molecule has 0 saturated carbocycles. The van der Waals surface area contributed by atoms with Crippen molar-refractivity contribution in [2.45, 2.75) is 19.0 Å². The lowest BCUT2D eigenvalue weighted by Gasteiger charge is -2.35. The van der Waals surface area contributed by atoms with E-state index in [2.05, 4.69) is 21.2 Å². The van der Waals surface area contributed by atoms with Crippen LogP contribution >= 0.6 is 15.9 Å². The summed E-state index contributed by atoms with van der Waals surface area (Å²) in [6, 6.07) is 6.03. The number of hydrogen-bond acceptors (Lipinski definition) is 1. The molecule has 1 N–H and O–H groups in total. The minimum absolute atomic E-state index is 0.485. The summed E-state index contributed by atoms with van der Waals surface area (Å²) in [7, 11) is 0. The predicted octanol–water partition coefficient (Wildman–Crippen LogP) is 2.61. The summed E-state index contributed by atoms with van der Waals surface area (Å²) in [4.78, 5) is 0. The van der Waals surface area contributed by atoms with Gasteiger partial charge in [0.05, 0.1) is 0 Å². The van der Waals surface area contributed by atoms with Crippen molar-refractivity contribution in [3.05, 3.63) is 33.8 Å². The molecule has 0 unspecified atom stereocenters. The van der Waals surface area contributed by atoms with Gasteiger partial charge in [-0.2, -0.15) is 0 Å². The molecule has 0 aromatic heterocycles. The molecule has 0 aliphatic carbocycles. The lowest BCUT2D eigenvalue weighted by atomic mass is 9.91. The molecule has 2 rings (SSSR count). The third-order valence-electron chi connectivity index (χ3n) is 2.64. The predicted molar refractivity (Wildman–Crippen MR) is 59.3 cm³/mol. The van der Waals surface area contributed by atoms with Crippen molar-refractivity contribution in [1.29, 1.82) is 0 Å². The summed E-state index contributed by atoms with van der Waals surface area (Å²) in [6.45, 7) is 3.00. The van der Waals surface area contributed by atoms with Crippen LogP contribution in [0.3, 0.4) is 0 Å². The van der Waals surface area contributed by atoms with Gasteiger partial charge in [-0.05, 0) is 24.1 Å². The van der Waals surface area contributed by atoms with E-state index in [4.69, 9.17) is 0 Å². The first-order valence-electron chi connectivity index (χ1n) is 4.74. The van der Waals surface area contributed by atoms with Crippen molar-refractivity contribution in [2.24, 2.45) is 0 Å². The van der Waals surface area contributed by atoms with Crippen LogP contribution in [0.2, 0.25) is 0 Å². The summed E-state index contributed by atoms with van der Waals surface area (Å²) in [5.41, 5.74) is 1.23. The van der Waals surface area contributed by atoms with Crippen molar-refractivity contribution in [3.8, 4) is 0 Å². The van der Waals surface area contributed by atoms with Crippen LogP contribution in [0.4, 0.5) is 4.39 Å². The van der Waals surface area contributed by atoms with E-state index in [0.717, 1.165) is 10.0 Å². The number of alkyl halides is 1. The molecule has 0 atom stereocenters. The van der Waals surface area contributed by atoms with Gasteiger partial charge in [-0.1, -0.05) is 28.1 Å². The van der Waals surface area contributed by atoms with E-state index < -0.39 is 5.67 Å². The van der Waals surface area contributed by atoms with E-state index in [1.54, 1.807) is 0 Å². The largest absolute Gasteiger partial charge is 0.310 e. The highest BCUT2D eigenvalue weighted by molar-refractivity contribution is 9.10. The highest BCUT2D eigenvalue weighted by Crippen LogP contribution is 2.25. The van der Waals surface area contributed by atoms with Gasteiger partial charge in [0.1, 0.15) is 5.67 Å². The molecule has 1 fully saturated rings. The molecular formula is C11H13BrFN. The minimum atomic E-state index is -1.02. The van der Waals surface area contributed by atoms with Crippen molar-refractivity contribution in [3.63, 3.8) is 0 Å². The molecule has 14 heavy (non-hydrogen) atoms. The zero-order valence-corrected chi connectivity index (χ0v) is 9.70. The average Bonchev–Trinajstić information content (AvgIpc) is 2.09. The van der Waals surface area contributed by atoms with Crippen LogP contribution in [-0.4, -0.2) is 18.8 Å². The Labute approximate surface area is 91.8 Å². The van der Waals surface area contributed by atoms with Gasteiger partial charge in [-0.15, -0.1) is 0 Å². The third-order valence-corrected chi connectivity index (χ3v) is 3.50. The lowest BCUT2D eigenvalue weighted by Crippen LogP contribution is -2.57. The van der Waals surface area contributed by atoms with Crippen LogP contribution in [0.1, 0.15) is 11.1 Å². The van der Waals surface area contributed by atoms with Crippen molar-refractivity contribution in [2.75, 3.05) is 13.1 Å². The lowest BCUT2D eigenvalue weighted by molar-refractivity contribution is 0.0912. The molecule has 0 amide bonds. The first kappa shape index (κ1) is 10.1. The summed E-state index contributed by atoms with van der Waals surface area (Å²) < 4.78 is 14.8. The molecule has 1 aromatic carbocycles. The van der Waals surface area contributed by atoms with Gasteiger partial charge >= 0.3 is 0 Å². The molecule has 0 spiro atoms. The third kappa shape index (κ3) is 1.98. The smallest absolute Gasteiger partial charge is 0.139 e. The molecule has 1 aliphatic heterocycles. The van der Waals surface area contributed by atoms with Gasteiger partial charge in [0, 0.05) is 24.0 Å². The Morgan fingerprint density at radius 3 is 2.71 bits per heavy atom. The summed E-state index contributed by atoms with van der Waals surface area (Å²) in [5, 5.41) is 2.96. The minimum Gasteiger partial charge on any atom is -0.310 e. The molecule has 1 aromatic rings. The van der Waals surface area contributed by atoms with Gasteiger partial charge in [-0.25, -0.2) is 4.39 Å². The van der Waals surface area contributed by atoms with Crippen LogP contribution in [0.5, 0.6) is 0 Å². The second kappa shape index (κ2) is 3.63. The van der Waals surface area contributed by atoms with E-state index in [-0.39, 0.29) is 0 Å². The topological polar surface area (TPSA) is 12.0 Å². The summed E-state index contributed by atoms with van der Waals surface area (Å²) >= 11 is 3.46. The number of aryl methyl sites for hydroxylation is 1. The Morgan fingerprint density at radius 1 is 1.50 bits per heavy atom. The Kier molecular flexibility index (Phi) is 2.62. The number of nitrogens with one attached hydrogen (secondary N) is 1. The maximum atomic E-state index is 13.7. The van der Waals surface area contributed by atoms with Crippen LogP contribution in [0, 0.1) is 6.92 Å². The number of hydrogen-bond donors (Lipinski definition) is 1. The Balaban J connectivity index is 2.13. The Bertz CT molecular complexity index is 347. The second-order valence-corrected chi connectivity index (χ2v) is 4.87. The van der Waals surface area contributed by atoms with Gasteiger partial charge in [0.15, 0.2) is 0 Å². The van der Waals surface area contributed by atoms with E-state index in [1.807, 2.05) is 25.1 Å². The van der Waals surface area contributed by atoms with Gasteiger partial charge in [0.2, 0.25) is 0 Å². The Hall–Kier alpha value is -0.410. The Morgan fingerprint density at radius 2 is 2.21 bits per heavy atom. The second-order valence-electron chi connectivity index (χ2n) is 4.01. The van der Waals surface area contributed by atoms with Crippen LogP contribution in [0.25, 0.3) is 0 Å². The van der Waals surface area contributed by atoms with Gasteiger partial charge < -0.3 is 5.32 Å². The molecule has 1 saturated heterocycles. The maximum Gasteiger partial charge on any atom is 0.139 e. The first-order valence-corrected chi connectivity index (χ1v) is 5.53. The van der Waals surface area contributed by atoms with Crippen LogP contribution in [0.15, 0.2) is 22.7 Å². The highest BCUT2D eigenvalue weighted by atomic mass is 79.9.